The fourth-order valence-electron chi connectivity index (χ4n) is 2.10. The highest BCUT2D eigenvalue weighted by molar-refractivity contribution is 5.46. The van der Waals surface area contributed by atoms with Crippen molar-refractivity contribution in [1.29, 1.82) is 0 Å². The molecule has 1 heterocycles. The van der Waals surface area contributed by atoms with Crippen LogP contribution in [0.3, 0.4) is 0 Å². The molecule has 3 nitrogen and oxygen atoms in total. The zero-order chi connectivity index (χ0) is 10.7. The molecular formula is C12H17NO2. The first-order valence-electron chi connectivity index (χ1n) is 5.42. The molecule has 1 saturated heterocycles. The second-order valence-electron chi connectivity index (χ2n) is 3.90. The molecule has 0 aromatic heterocycles. The van der Waals surface area contributed by atoms with E-state index in [-0.39, 0.29) is 11.8 Å². The zero-order valence-corrected chi connectivity index (χ0v) is 8.99. The lowest BCUT2D eigenvalue weighted by Gasteiger charge is -2.24. The number of methoxy groups -OCH3 is 1. The highest BCUT2D eigenvalue weighted by Crippen LogP contribution is 2.36. The topological polar surface area (TPSA) is 41.5 Å². The van der Waals surface area contributed by atoms with E-state index in [1.807, 2.05) is 12.1 Å². The molecule has 1 aromatic rings. The van der Waals surface area contributed by atoms with E-state index >= 15 is 0 Å². The summed E-state index contributed by atoms with van der Waals surface area (Å²) in [6.45, 7) is 1.03. The molecule has 1 aromatic carbocycles. The van der Waals surface area contributed by atoms with E-state index in [1.54, 1.807) is 13.2 Å². The number of aromatic hydroxyl groups is 1. The number of rotatable bonds is 2. The summed E-state index contributed by atoms with van der Waals surface area (Å²) in [7, 11) is 1.58. The molecular weight excluding hydrogens is 190 g/mol. The molecule has 2 rings (SSSR count). The number of hydrogen-bond donors (Lipinski definition) is 2. The van der Waals surface area contributed by atoms with Gasteiger partial charge in [-0.2, -0.15) is 0 Å². The fraction of sp³-hybridized carbons (Fsp3) is 0.500. The molecule has 0 saturated carbocycles. The van der Waals surface area contributed by atoms with Crippen LogP contribution in [0.4, 0.5) is 0 Å². The summed E-state index contributed by atoms with van der Waals surface area (Å²) in [5.74, 6) is 0.833. The van der Waals surface area contributed by atoms with E-state index < -0.39 is 0 Å². The van der Waals surface area contributed by atoms with Gasteiger partial charge in [0.15, 0.2) is 11.5 Å². The van der Waals surface area contributed by atoms with Crippen molar-refractivity contribution >= 4 is 0 Å². The molecule has 1 atom stereocenters. The first-order chi connectivity index (χ1) is 7.33. The van der Waals surface area contributed by atoms with Gasteiger partial charge in [-0.15, -0.1) is 0 Å². The summed E-state index contributed by atoms with van der Waals surface area (Å²) in [4.78, 5) is 0. The first kappa shape index (κ1) is 10.3. The monoisotopic (exact) mass is 207 g/mol. The molecule has 0 bridgehead atoms. The number of hydrogen-bond acceptors (Lipinski definition) is 3. The molecule has 2 N–H and O–H groups in total. The van der Waals surface area contributed by atoms with Crippen LogP contribution >= 0.6 is 0 Å². The van der Waals surface area contributed by atoms with Crippen LogP contribution in [0.15, 0.2) is 18.2 Å². The fourth-order valence-corrected chi connectivity index (χ4v) is 2.10. The quantitative estimate of drug-likeness (QED) is 0.781. The molecule has 1 aliphatic rings. The Bertz CT molecular complexity index is 332. The third-order valence-corrected chi connectivity index (χ3v) is 2.94. The van der Waals surface area contributed by atoms with E-state index in [9.17, 15) is 5.11 Å². The van der Waals surface area contributed by atoms with Crippen molar-refractivity contribution < 1.29 is 9.84 Å². The molecule has 0 unspecified atom stereocenters. The first-order valence-corrected chi connectivity index (χ1v) is 5.42. The standard InChI is InChI=1S/C12H17NO2/c1-15-11-7-4-5-9(12(11)14)10-6-2-3-8-13-10/h4-5,7,10,13-14H,2-3,6,8H2,1H3/t10-/m0/s1. The average Bonchev–Trinajstić information content (AvgIpc) is 2.30. The van der Waals surface area contributed by atoms with Crippen molar-refractivity contribution in [1.82, 2.24) is 5.32 Å². The van der Waals surface area contributed by atoms with Gasteiger partial charge >= 0.3 is 0 Å². The van der Waals surface area contributed by atoms with Crippen LogP contribution in [0.1, 0.15) is 30.9 Å². The Morgan fingerprint density at radius 1 is 1.40 bits per heavy atom. The van der Waals surface area contributed by atoms with Gasteiger partial charge in [0.1, 0.15) is 0 Å². The minimum absolute atomic E-state index is 0.272. The lowest BCUT2D eigenvalue weighted by atomic mass is 9.96. The van der Waals surface area contributed by atoms with Crippen LogP contribution in [-0.2, 0) is 0 Å². The van der Waals surface area contributed by atoms with Crippen molar-refractivity contribution in [3.05, 3.63) is 23.8 Å². The predicted octanol–water partition coefficient (Wildman–Crippen LogP) is 2.22. The van der Waals surface area contributed by atoms with Gasteiger partial charge in [-0.25, -0.2) is 0 Å². The van der Waals surface area contributed by atoms with Crippen LogP contribution < -0.4 is 10.1 Å². The lowest BCUT2D eigenvalue weighted by Crippen LogP contribution is -2.26. The van der Waals surface area contributed by atoms with Crippen LogP contribution in [0.2, 0.25) is 0 Å². The normalized spacial score (nSPS) is 21.3. The summed E-state index contributed by atoms with van der Waals surface area (Å²) >= 11 is 0. The third kappa shape index (κ3) is 2.07. The predicted molar refractivity (Wildman–Crippen MR) is 59.3 cm³/mol. The summed E-state index contributed by atoms with van der Waals surface area (Å²) in [6, 6.07) is 5.93. The Morgan fingerprint density at radius 2 is 2.27 bits per heavy atom. The Kier molecular flexibility index (Phi) is 3.11. The average molecular weight is 207 g/mol. The number of nitrogens with one attached hydrogen (secondary N) is 1. The Hall–Kier alpha value is -1.22. The zero-order valence-electron chi connectivity index (χ0n) is 8.99. The maximum Gasteiger partial charge on any atom is 0.162 e. The number of para-hydroxylation sites is 1. The molecule has 0 aliphatic carbocycles. The number of phenolic OH excluding ortho intramolecular Hbond substituents is 1. The molecule has 0 radical (unpaired) electrons. The molecule has 1 fully saturated rings. The van der Waals surface area contributed by atoms with Crippen LogP contribution in [0.5, 0.6) is 11.5 Å². The van der Waals surface area contributed by atoms with Crippen LogP contribution in [-0.4, -0.2) is 18.8 Å². The van der Waals surface area contributed by atoms with Gasteiger partial charge in [-0.3, -0.25) is 0 Å². The third-order valence-electron chi connectivity index (χ3n) is 2.94. The highest BCUT2D eigenvalue weighted by Gasteiger charge is 2.19. The number of benzene rings is 1. The molecule has 0 amide bonds. The van der Waals surface area contributed by atoms with Gasteiger partial charge in [0, 0.05) is 11.6 Å². The Balaban J connectivity index is 2.26. The van der Waals surface area contributed by atoms with Crippen LogP contribution in [0, 0.1) is 0 Å². The van der Waals surface area contributed by atoms with Crippen molar-refractivity contribution in [2.75, 3.05) is 13.7 Å². The van der Waals surface area contributed by atoms with E-state index in [4.69, 9.17) is 4.74 Å². The minimum atomic E-state index is 0.272. The Labute approximate surface area is 90.1 Å². The molecule has 1 aliphatic heterocycles. The van der Waals surface area contributed by atoms with Crippen molar-refractivity contribution in [3.63, 3.8) is 0 Å². The van der Waals surface area contributed by atoms with Gasteiger partial charge in [0.25, 0.3) is 0 Å². The van der Waals surface area contributed by atoms with Crippen molar-refractivity contribution in [2.24, 2.45) is 0 Å². The van der Waals surface area contributed by atoms with E-state index in [0.717, 1.165) is 18.5 Å². The molecule has 15 heavy (non-hydrogen) atoms. The van der Waals surface area contributed by atoms with Crippen molar-refractivity contribution in [2.45, 2.75) is 25.3 Å². The Morgan fingerprint density at radius 3 is 2.93 bits per heavy atom. The summed E-state index contributed by atoms with van der Waals surface area (Å²) in [5.41, 5.74) is 0.953. The van der Waals surface area contributed by atoms with Gasteiger partial charge in [0.05, 0.1) is 7.11 Å². The highest BCUT2D eigenvalue weighted by atomic mass is 16.5. The maximum absolute atomic E-state index is 9.98. The lowest BCUT2D eigenvalue weighted by molar-refractivity contribution is 0.354. The van der Waals surface area contributed by atoms with Gasteiger partial charge in [-0.1, -0.05) is 18.6 Å². The van der Waals surface area contributed by atoms with Gasteiger partial charge in [-0.05, 0) is 25.5 Å². The van der Waals surface area contributed by atoms with Gasteiger partial charge < -0.3 is 15.2 Å². The smallest absolute Gasteiger partial charge is 0.162 e. The number of piperidine rings is 1. The minimum Gasteiger partial charge on any atom is -0.504 e. The number of phenols is 1. The molecule has 82 valence electrons. The summed E-state index contributed by atoms with van der Waals surface area (Å²) in [5, 5.41) is 13.4. The summed E-state index contributed by atoms with van der Waals surface area (Å²) < 4.78 is 5.10. The second-order valence-corrected chi connectivity index (χ2v) is 3.90. The van der Waals surface area contributed by atoms with Gasteiger partial charge in [0.2, 0.25) is 0 Å². The van der Waals surface area contributed by atoms with Crippen molar-refractivity contribution in [3.8, 4) is 11.5 Å². The largest absolute Gasteiger partial charge is 0.504 e. The number of ether oxygens (including phenoxy) is 1. The van der Waals surface area contributed by atoms with E-state index in [0.29, 0.717) is 5.75 Å². The SMILES string of the molecule is COc1cccc([C@@H]2CCCCN2)c1O. The van der Waals surface area contributed by atoms with E-state index in [1.165, 1.54) is 12.8 Å². The summed E-state index contributed by atoms with van der Waals surface area (Å²) in [6.07, 6.45) is 3.52. The van der Waals surface area contributed by atoms with E-state index in [2.05, 4.69) is 5.32 Å². The maximum atomic E-state index is 9.98. The molecule has 3 heteroatoms. The molecule has 0 spiro atoms. The second kappa shape index (κ2) is 4.53. The van der Waals surface area contributed by atoms with Crippen LogP contribution in [0.25, 0.3) is 0 Å².